The van der Waals surface area contributed by atoms with Crippen molar-refractivity contribution in [2.75, 3.05) is 11.9 Å². The lowest BCUT2D eigenvalue weighted by atomic mass is 10.0. The molecule has 1 heterocycles. The highest BCUT2D eigenvalue weighted by molar-refractivity contribution is 6.46. The zero-order valence-electron chi connectivity index (χ0n) is 18.0. The second-order valence-electron chi connectivity index (χ2n) is 8.02. The Morgan fingerprint density at radius 2 is 1.42 bits per heavy atom. The molecule has 0 spiro atoms. The fraction of sp³-hybridized carbons (Fsp3) is 0.0714. The third kappa shape index (κ3) is 3.68. The molecule has 0 aromatic heterocycles. The molecule has 1 aliphatic rings. The van der Waals surface area contributed by atoms with Crippen molar-refractivity contribution < 1.29 is 14.0 Å². The van der Waals surface area contributed by atoms with Gasteiger partial charge in [0, 0.05) is 19.0 Å². The molecule has 2 amide bonds. The summed E-state index contributed by atoms with van der Waals surface area (Å²) >= 11 is 0. The first-order valence-electron chi connectivity index (χ1n) is 10.7. The number of anilines is 1. The van der Waals surface area contributed by atoms with E-state index in [0.29, 0.717) is 23.5 Å². The molecule has 0 unspecified atom stereocenters. The van der Waals surface area contributed by atoms with Crippen molar-refractivity contribution in [2.45, 2.75) is 6.54 Å². The molecule has 0 atom stereocenters. The number of likely N-dealkylation sites (N-methyl/N-ethyl adjacent to an activating group) is 1. The molecule has 0 aliphatic carbocycles. The molecule has 0 bridgehead atoms. The molecule has 33 heavy (non-hydrogen) atoms. The van der Waals surface area contributed by atoms with Gasteiger partial charge in [0.05, 0.1) is 11.3 Å². The van der Waals surface area contributed by atoms with E-state index in [0.717, 1.165) is 16.3 Å². The summed E-state index contributed by atoms with van der Waals surface area (Å²) < 4.78 is 13.6. The largest absolute Gasteiger partial charge is 0.365 e. The Hall–Kier alpha value is -4.25. The molecule has 0 saturated carbocycles. The zero-order chi connectivity index (χ0) is 22.9. The molecule has 4 aromatic rings. The van der Waals surface area contributed by atoms with Crippen LogP contribution in [0.2, 0.25) is 0 Å². The molecule has 5 heteroatoms. The molecule has 0 radical (unpaired) electrons. The van der Waals surface area contributed by atoms with Crippen LogP contribution in [0.4, 0.5) is 10.1 Å². The van der Waals surface area contributed by atoms with Crippen LogP contribution < -0.4 is 4.90 Å². The van der Waals surface area contributed by atoms with E-state index in [-0.39, 0.29) is 5.57 Å². The highest BCUT2D eigenvalue weighted by Crippen LogP contribution is 2.37. The van der Waals surface area contributed by atoms with E-state index in [1.54, 1.807) is 30.1 Å². The van der Waals surface area contributed by atoms with E-state index in [1.807, 2.05) is 66.7 Å². The van der Waals surface area contributed by atoms with Gasteiger partial charge in [-0.15, -0.1) is 0 Å². The first kappa shape index (κ1) is 20.6. The maximum absolute atomic E-state index is 13.8. The summed E-state index contributed by atoms with van der Waals surface area (Å²) in [6, 6.07) is 28.6. The van der Waals surface area contributed by atoms with E-state index in [1.165, 1.54) is 17.0 Å². The van der Waals surface area contributed by atoms with Crippen molar-refractivity contribution in [3.05, 3.63) is 120 Å². The molecule has 1 aliphatic heterocycles. The van der Waals surface area contributed by atoms with Crippen LogP contribution >= 0.6 is 0 Å². The molecule has 4 aromatic carbocycles. The summed E-state index contributed by atoms with van der Waals surface area (Å²) in [6.45, 7) is 0.448. The molecular formula is C28H21FN2O2. The predicted molar refractivity (Wildman–Crippen MR) is 128 cm³/mol. The average Bonchev–Trinajstić information content (AvgIpc) is 3.10. The molecule has 0 N–H and O–H groups in total. The number of benzene rings is 4. The van der Waals surface area contributed by atoms with Crippen LogP contribution in [-0.2, 0) is 16.1 Å². The minimum Gasteiger partial charge on any atom is -0.365 e. The third-order valence-corrected chi connectivity index (χ3v) is 5.84. The van der Waals surface area contributed by atoms with Gasteiger partial charge in [-0.2, -0.15) is 0 Å². The van der Waals surface area contributed by atoms with Gasteiger partial charge in [0.15, 0.2) is 0 Å². The summed E-state index contributed by atoms with van der Waals surface area (Å²) in [7, 11) is 1.80. The van der Waals surface area contributed by atoms with Crippen LogP contribution in [0.5, 0.6) is 0 Å². The Kier molecular flexibility index (Phi) is 5.23. The summed E-state index contributed by atoms with van der Waals surface area (Å²) in [5.41, 5.74) is 2.61. The Morgan fingerprint density at radius 1 is 0.758 bits per heavy atom. The summed E-state index contributed by atoms with van der Waals surface area (Å²) in [5.74, 6) is -1.21. The van der Waals surface area contributed by atoms with Crippen LogP contribution in [-0.4, -0.2) is 23.8 Å². The summed E-state index contributed by atoms with van der Waals surface area (Å²) in [6.07, 6.45) is 0. The minimum atomic E-state index is -0.419. The number of hydrogen-bond donors (Lipinski definition) is 0. The second-order valence-corrected chi connectivity index (χ2v) is 8.02. The Morgan fingerprint density at radius 3 is 2.18 bits per heavy atom. The first-order valence-corrected chi connectivity index (χ1v) is 10.7. The number of hydrogen-bond acceptors (Lipinski definition) is 3. The van der Waals surface area contributed by atoms with Gasteiger partial charge in [-0.1, -0.05) is 78.9 Å². The van der Waals surface area contributed by atoms with Crippen molar-refractivity contribution in [1.29, 1.82) is 0 Å². The standard InChI is InChI=1S/C28H21FN2O2/c1-30(18-19-8-3-2-4-9-19)26-25(21-14-16-22(29)17-15-21)27(32)31(28(26)33)24-13-7-11-20-10-5-6-12-23(20)24/h2-17H,18H2,1H3. The maximum atomic E-state index is 13.8. The molecule has 4 nitrogen and oxygen atoms in total. The Bertz CT molecular complexity index is 1390. The van der Waals surface area contributed by atoms with Gasteiger partial charge in [-0.3, -0.25) is 9.59 Å². The molecule has 0 saturated heterocycles. The zero-order valence-corrected chi connectivity index (χ0v) is 18.0. The van der Waals surface area contributed by atoms with Crippen LogP contribution in [0.15, 0.2) is 103 Å². The number of amides is 2. The number of rotatable bonds is 5. The number of nitrogens with zero attached hydrogens (tertiary/aromatic N) is 2. The van der Waals surface area contributed by atoms with Crippen molar-refractivity contribution in [2.24, 2.45) is 0 Å². The van der Waals surface area contributed by atoms with Crippen LogP contribution in [0.25, 0.3) is 16.3 Å². The molecule has 0 fully saturated rings. The van der Waals surface area contributed by atoms with Gasteiger partial charge in [0.2, 0.25) is 0 Å². The monoisotopic (exact) mass is 436 g/mol. The third-order valence-electron chi connectivity index (χ3n) is 5.84. The Balaban J connectivity index is 1.64. The minimum absolute atomic E-state index is 0.270. The smallest absolute Gasteiger partial charge is 0.282 e. The summed E-state index contributed by atoms with van der Waals surface area (Å²) in [5, 5.41) is 1.75. The van der Waals surface area contributed by atoms with E-state index in [2.05, 4.69) is 0 Å². The molecular weight excluding hydrogens is 415 g/mol. The maximum Gasteiger partial charge on any atom is 0.282 e. The lowest BCUT2D eigenvalue weighted by Crippen LogP contribution is -2.34. The number of carbonyl (C=O) groups excluding carboxylic acids is 2. The number of halogens is 1. The average molecular weight is 436 g/mol. The number of fused-ring (bicyclic) bond motifs is 1. The lowest BCUT2D eigenvalue weighted by Gasteiger charge is -2.22. The summed E-state index contributed by atoms with van der Waals surface area (Å²) in [4.78, 5) is 30.5. The van der Waals surface area contributed by atoms with Gasteiger partial charge in [-0.25, -0.2) is 9.29 Å². The van der Waals surface area contributed by atoms with Gasteiger partial charge in [-0.05, 0) is 34.7 Å². The topological polar surface area (TPSA) is 40.6 Å². The molecule has 162 valence electrons. The van der Waals surface area contributed by atoms with Crippen LogP contribution in [0.1, 0.15) is 11.1 Å². The van der Waals surface area contributed by atoms with Gasteiger partial charge in [0.1, 0.15) is 11.5 Å². The fourth-order valence-corrected chi connectivity index (χ4v) is 4.31. The normalized spacial score (nSPS) is 13.8. The quantitative estimate of drug-likeness (QED) is 0.394. The van der Waals surface area contributed by atoms with E-state index in [9.17, 15) is 14.0 Å². The van der Waals surface area contributed by atoms with Crippen molar-refractivity contribution in [3.63, 3.8) is 0 Å². The van der Waals surface area contributed by atoms with Crippen molar-refractivity contribution in [1.82, 2.24) is 4.90 Å². The van der Waals surface area contributed by atoms with E-state index >= 15 is 0 Å². The SMILES string of the molecule is CN(Cc1ccccc1)C1=C(c2ccc(F)cc2)C(=O)N(c2cccc3ccccc23)C1=O. The number of carbonyl (C=O) groups is 2. The van der Waals surface area contributed by atoms with Gasteiger partial charge >= 0.3 is 0 Å². The van der Waals surface area contributed by atoms with Crippen LogP contribution in [0.3, 0.4) is 0 Å². The van der Waals surface area contributed by atoms with E-state index in [4.69, 9.17) is 0 Å². The highest BCUT2D eigenvalue weighted by atomic mass is 19.1. The van der Waals surface area contributed by atoms with Gasteiger partial charge < -0.3 is 4.90 Å². The van der Waals surface area contributed by atoms with Crippen molar-refractivity contribution in [3.8, 4) is 0 Å². The fourth-order valence-electron chi connectivity index (χ4n) is 4.31. The highest BCUT2D eigenvalue weighted by Gasteiger charge is 2.42. The predicted octanol–water partition coefficient (Wildman–Crippen LogP) is 5.40. The molecule has 5 rings (SSSR count). The number of imide groups is 1. The van der Waals surface area contributed by atoms with Crippen molar-refractivity contribution >= 4 is 33.8 Å². The van der Waals surface area contributed by atoms with Crippen LogP contribution in [0, 0.1) is 5.82 Å². The van der Waals surface area contributed by atoms with Gasteiger partial charge in [0.25, 0.3) is 11.8 Å². The second kappa shape index (κ2) is 8.36. The first-order chi connectivity index (χ1) is 16.0. The lowest BCUT2D eigenvalue weighted by molar-refractivity contribution is -0.120. The van der Waals surface area contributed by atoms with E-state index < -0.39 is 17.6 Å². The Labute approximate surface area is 191 Å².